The molecule has 1 heterocycles. The average Bonchev–Trinajstić information content (AvgIpc) is 2.57. The molecular formula is C7H11N3O3. The van der Waals surface area contributed by atoms with E-state index in [4.69, 9.17) is 4.74 Å². The highest BCUT2D eigenvalue weighted by atomic mass is 16.5. The van der Waals surface area contributed by atoms with Crippen molar-refractivity contribution in [1.82, 2.24) is 10.5 Å². The number of nitrogens with one attached hydrogen (secondary N) is 2. The van der Waals surface area contributed by atoms with Gasteiger partial charge in [0, 0.05) is 19.7 Å². The molecule has 0 aliphatic rings. The lowest BCUT2D eigenvalue weighted by Gasteiger charge is -2.03. The molecule has 0 saturated heterocycles. The molecule has 2 amide bonds. The van der Waals surface area contributed by atoms with E-state index in [2.05, 4.69) is 20.3 Å². The van der Waals surface area contributed by atoms with Gasteiger partial charge in [-0.1, -0.05) is 5.16 Å². The Hall–Kier alpha value is -1.56. The quantitative estimate of drug-likeness (QED) is 0.667. The fourth-order valence-corrected chi connectivity index (χ4v) is 0.704. The second kappa shape index (κ2) is 5.15. The number of amides is 2. The van der Waals surface area contributed by atoms with E-state index in [0.717, 1.165) is 0 Å². The van der Waals surface area contributed by atoms with Gasteiger partial charge in [0.2, 0.25) is 0 Å². The van der Waals surface area contributed by atoms with Crippen molar-refractivity contribution in [2.45, 2.75) is 0 Å². The van der Waals surface area contributed by atoms with Gasteiger partial charge in [0.1, 0.15) is 6.26 Å². The molecule has 6 nitrogen and oxygen atoms in total. The Kier molecular flexibility index (Phi) is 3.77. The van der Waals surface area contributed by atoms with E-state index >= 15 is 0 Å². The maximum absolute atomic E-state index is 11.0. The molecule has 0 aliphatic heterocycles. The Morgan fingerprint density at radius 1 is 1.77 bits per heavy atom. The van der Waals surface area contributed by atoms with Gasteiger partial charge in [-0.25, -0.2) is 4.79 Å². The van der Waals surface area contributed by atoms with Gasteiger partial charge in [-0.2, -0.15) is 0 Å². The number of hydrogen-bond donors (Lipinski definition) is 2. The topological polar surface area (TPSA) is 76.4 Å². The van der Waals surface area contributed by atoms with Gasteiger partial charge in [0.25, 0.3) is 0 Å². The Morgan fingerprint density at radius 2 is 2.62 bits per heavy atom. The number of hydrogen-bond acceptors (Lipinski definition) is 4. The van der Waals surface area contributed by atoms with Gasteiger partial charge in [-0.05, 0) is 0 Å². The van der Waals surface area contributed by atoms with Crippen LogP contribution >= 0.6 is 0 Å². The van der Waals surface area contributed by atoms with Crippen LogP contribution in [0, 0.1) is 0 Å². The van der Waals surface area contributed by atoms with Crippen LogP contribution in [0.2, 0.25) is 0 Å². The molecule has 1 aromatic rings. The van der Waals surface area contributed by atoms with Crippen molar-refractivity contribution in [1.29, 1.82) is 0 Å². The van der Waals surface area contributed by atoms with Crippen LogP contribution in [0.4, 0.5) is 10.6 Å². The highest BCUT2D eigenvalue weighted by Gasteiger charge is 2.01. The third-order valence-corrected chi connectivity index (χ3v) is 1.27. The number of methoxy groups -OCH3 is 1. The van der Waals surface area contributed by atoms with Crippen LogP contribution in [0.3, 0.4) is 0 Å². The summed E-state index contributed by atoms with van der Waals surface area (Å²) in [5, 5.41) is 8.54. The first-order chi connectivity index (χ1) is 6.33. The largest absolute Gasteiger partial charge is 0.383 e. The van der Waals surface area contributed by atoms with Crippen molar-refractivity contribution in [3.63, 3.8) is 0 Å². The molecule has 6 heteroatoms. The fourth-order valence-electron chi connectivity index (χ4n) is 0.704. The Labute approximate surface area is 75.2 Å². The van der Waals surface area contributed by atoms with Crippen molar-refractivity contribution >= 4 is 11.8 Å². The molecule has 0 fully saturated rings. The van der Waals surface area contributed by atoms with E-state index in [9.17, 15) is 4.79 Å². The second-order valence-corrected chi connectivity index (χ2v) is 2.26. The molecule has 0 aliphatic carbocycles. The average molecular weight is 185 g/mol. The summed E-state index contributed by atoms with van der Waals surface area (Å²) in [5.74, 6) is 0.384. The number of carbonyl (C=O) groups is 1. The minimum absolute atomic E-state index is 0.328. The summed E-state index contributed by atoms with van der Waals surface area (Å²) in [5.41, 5.74) is 0. The van der Waals surface area contributed by atoms with Crippen LogP contribution < -0.4 is 10.6 Å². The monoisotopic (exact) mass is 185 g/mol. The van der Waals surface area contributed by atoms with Gasteiger partial charge in [-0.15, -0.1) is 0 Å². The molecule has 72 valence electrons. The molecule has 1 aromatic heterocycles. The number of urea groups is 1. The lowest BCUT2D eigenvalue weighted by Crippen LogP contribution is -2.31. The number of aromatic nitrogens is 1. The van der Waals surface area contributed by atoms with Crippen molar-refractivity contribution in [3.8, 4) is 0 Å². The highest BCUT2D eigenvalue weighted by Crippen LogP contribution is 1.99. The molecule has 0 unspecified atom stereocenters. The van der Waals surface area contributed by atoms with Crippen molar-refractivity contribution < 1.29 is 14.1 Å². The summed E-state index contributed by atoms with van der Waals surface area (Å²) in [7, 11) is 1.57. The van der Waals surface area contributed by atoms with Crippen LogP contribution in [-0.2, 0) is 4.74 Å². The fraction of sp³-hybridized carbons (Fsp3) is 0.429. The minimum atomic E-state index is -0.328. The second-order valence-electron chi connectivity index (χ2n) is 2.26. The summed E-state index contributed by atoms with van der Waals surface area (Å²) in [6.45, 7) is 0.937. The van der Waals surface area contributed by atoms with Crippen molar-refractivity contribution in [3.05, 3.63) is 12.3 Å². The maximum atomic E-state index is 11.0. The first kappa shape index (κ1) is 9.53. The SMILES string of the molecule is COCCNC(=O)Nc1ccon1. The smallest absolute Gasteiger partial charge is 0.320 e. The third-order valence-electron chi connectivity index (χ3n) is 1.27. The summed E-state index contributed by atoms with van der Waals surface area (Å²) >= 11 is 0. The Balaban J connectivity index is 2.18. The summed E-state index contributed by atoms with van der Waals surface area (Å²) in [6, 6.07) is 1.22. The van der Waals surface area contributed by atoms with Gasteiger partial charge >= 0.3 is 6.03 Å². The number of rotatable bonds is 4. The zero-order valence-corrected chi connectivity index (χ0v) is 7.24. The highest BCUT2D eigenvalue weighted by molar-refractivity contribution is 5.87. The maximum Gasteiger partial charge on any atom is 0.320 e. The van der Waals surface area contributed by atoms with Gasteiger partial charge in [0.15, 0.2) is 5.82 Å². The van der Waals surface area contributed by atoms with Crippen LogP contribution in [0.15, 0.2) is 16.9 Å². The zero-order valence-electron chi connectivity index (χ0n) is 7.24. The molecule has 1 rings (SSSR count). The van der Waals surface area contributed by atoms with Crippen molar-refractivity contribution in [2.75, 3.05) is 25.6 Å². The molecule has 13 heavy (non-hydrogen) atoms. The normalized spacial score (nSPS) is 9.62. The zero-order chi connectivity index (χ0) is 9.52. The van der Waals surface area contributed by atoms with Gasteiger partial charge in [-0.3, -0.25) is 5.32 Å². The number of carbonyl (C=O) groups excluding carboxylic acids is 1. The van der Waals surface area contributed by atoms with E-state index in [1.54, 1.807) is 13.2 Å². The van der Waals surface area contributed by atoms with Crippen LogP contribution in [0.1, 0.15) is 0 Å². The lowest BCUT2D eigenvalue weighted by atomic mass is 10.6. The van der Waals surface area contributed by atoms with E-state index in [-0.39, 0.29) is 6.03 Å². The molecule has 0 radical (unpaired) electrons. The Morgan fingerprint density at radius 3 is 3.23 bits per heavy atom. The Bertz CT molecular complexity index is 247. The van der Waals surface area contributed by atoms with Crippen LogP contribution in [0.25, 0.3) is 0 Å². The molecule has 0 spiro atoms. The summed E-state index contributed by atoms with van der Waals surface area (Å²) in [6.07, 6.45) is 1.38. The predicted molar refractivity (Wildman–Crippen MR) is 45.4 cm³/mol. The lowest BCUT2D eigenvalue weighted by molar-refractivity contribution is 0.198. The summed E-state index contributed by atoms with van der Waals surface area (Å²) in [4.78, 5) is 11.0. The molecule has 0 atom stereocenters. The molecule has 0 saturated carbocycles. The molecule has 0 bridgehead atoms. The molecule has 2 N–H and O–H groups in total. The molecule has 0 aromatic carbocycles. The standard InChI is InChI=1S/C7H11N3O3/c1-12-5-3-8-7(11)9-6-2-4-13-10-6/h2,4H,3,5H2,1H3,(H2,8,9,10,11). The van der Waals surface area contributed by atoms with Crippen LogP contribution in [0.5, 0.6) is 0 Å². The van der Waals surface area contributed by atoms with Gasteiger partial charge < -0.3 is 14.6 Å². The van der Waals surface area contributed by atoms with E-state index in [1.165, 1.54) is 6.26 Å². The first-order valence-electron chi connectivity index (χ1n) is 3.77. The van der Waals surface area contributed by atoms with Gasteiger partial charge in [0.05, 0.1) is 6.61 Å². The predicted octanol–water partition coefficient (Wildman–Crippen LogP) is 0.442. The van der Waals surface area contributed by atoms with Crippen LogP contribution in [-0.4, -0.2) is 31.4 Å². The summed E-state index contributed by atoms with van der Waals surface area (Å²) < 4.78 is 9.27. The number of anilines is 1. The van der Waals surface area contributed by atoms with Crippen molar-refractivity contribution in [2.24, 2.45) is 0 Å². The number of nitrogens with zero attached hydrogens (tertiary/aromatic N) is 1. The van der Waals surface area contributed by atoms with E-state index in [1.807, 2.05) is 0 Å². The molecular weight excluding hydrogens is 174 g/mol. The minimum Gasteiger partial charge on any atom is -0.383 e. The number of ether oxygens (including phenoxy) is 1. The first-order valence-corrected chi connectivity index (χ1v) is 3.77. The van der Waals surface area contributed by atoms with E-state index in [0.29, 0.717) is 19.0 Å². The van der Waals surface area contributed by atoms with E-state index < -0.39 is 0 Å². The third kappa shape index (κ3) is 3.57.